The zero-order valence-electron chi connectivity index (χ0n) is 16.3. The van der Waals surface area contributed by atoms with E-state index in [2.05, 4.69) is 0 Å². The summed E-state index contributed by atoms with van der Waals surface area (Å²) in [6, 6.07) is 0. The normalized spacial score (nSPS) is 27.6. The van der Waals surface area contributed by atoms with Crippen LogP contribution in [0.1, 0.15) is 78.1 Å². The molecule has 2 rings (SSSR count). The van der Waals surface area contributed by atoms with Crippen molar-refractivity contribution >= 4 is 0 Å². The minimum atomic E-state index is -5.47. The molecule has 0 aromatic carbocycles. The molecular formula is C20H32F6O. The molecule has 0 amide bonds. The fraction of sp³-hybridized carbons (Fsp3) is 1.00. The molecule has 2 aliphatic carbocycles. The average Bonchev–Trinajstić information content (AvgIpc) is 2.61. The Kier molecular flexibility index (Phi) is 7.54. The van der Waals surface area contributed by atoms with E-state index in [-0.39, 0.29) is 24.7 Å². The second-order valence-corrected chi connectivity index (χ2v) is 8.57. The average molecular weight is 402 g/mol. The third-order valence-corrected chi connectivity index (χ3v) is 6.80. The molecule has 0 N–H and O–H groups in total. The van der Waals surface area contributed by atoms with Gasteiger partial charge in [0.2, 0.25) is 0 Å². The Bertz CT molecular complexity index is 430. The van der Waals surface area contributed by atoms with Gasteiger partial charge < -0.3 is 4.74 Å². The van der Waals surface area contributed by atoms with E-state index in [9.17, 15) is 26.3 Å². The van der Waals surface area contributed by atoms with Gasteiger partial charge in [-0.1, -0.05) is 52.4 Å². The largest absolute Gasteiger partial charge is 0.426 e. The van der Waals surface area contributed by atoms with Crippen LogP contribution in [0.25, 0.3) is 0 Å². The van der Waals surface area contributed by atoms with Crippen molar-refractivity contribution in [2.45, 2.75) is 96.0 Å². The molecule has 0 heterocycles. The maximum atomic E-state index is 13.8. The molecule has 0 saturated heterocycles. The molecule has 1 nitrogen and oxygen atoms in total. The molecule has 0 radical (unpaired) electrons. The number of rotatable bonds is 6. The molecule has 27 heavy (non-hydrogen) atoms. The van der Waals surface area contributed by atoms with Gasteiger partial charge in [-0.25, -0.2) is 0 Å². The first-order valence-electron chi connectivity index (χ1n) is 10.3. The molecule has 7 heteroatoms. The second-order valence-electron chi connectivity index (χ2n) is 8.57. The van der Waals surface area contributed by atoms with Crippen LogP contribution in [0, 0.1) is 23.7 Å². The molecule has 0 aromatic heterocycles. The highest BCUT2D eigenvalue weighted by Crippen LogP contribution is 2.55. The fourth-order valence-corrected chi connectivity index (χ4v) is 4.90. The van der Waals surface area contributed by atoms with E-state index >= 15 is 0 Å². The summed E-state index contributed by atoms with van der Waals surface area (Å²) in [7, 11) is 0. The van der Waals surface area contributed by atoms with Gasteiger partial charge in [0.1, 0.15) is 0 Å². The van der Waals surface area contributed by atoms with E-state index in [0.717, 1.165) is 25.7 Å². The van der Waals surface area contributed by atoms with Crippen molar-refractivity contribution in [1.29, 1.82) is 0 Å². The molecule has 2 saturated carbocycles. The Morgan fingerprint density at radius 3 is 1.70 bits per heavy atom. The van der Waals surface area contributed by atoms with Crippen molar-refractivity contribution in [3.63, 3.8) is 0 Å². The van der Waals surface area contributed by atoms with Crippen LogP contribution in [-0.4, -0.2) is 24.6 Å². The van der Waals surface area contributed by atoms with Crippen molar-refractivity contribution in [2.24, 2.45) is 23.7 Å². The highest BCUT2D eigenvalue weighted by atomic mass is 19.4. The molecule has 160 valence electrons. The third-order valence-electron chi connectivity index (χ3n) is 6.80. The van der Waals surface area contributed by atoms with Crippen LogP contribution < -0.4 is 0 Å². The number of halogens is 6. The lowest BCUT2D eigenvalue weighted by molar-refractivity contribution is -0.401. The molecule has 0 aliphatic heterocycles. The summed E-state index contributed by atoms with van der Waals surface area (Å²) in [5, 5.41) is 0. The highest BCUT2D eigenvalue weighted by Gasteiger charge is 2.75. The van der Waals surface area contributed by atoms with Crippen LogP contribution in [0.2, 0.25) is 0 Å². The Labute approximate surface area is 158 Å². The van der Waals surface area contributed by atoms with Crippen LogP contribution in [0.4, 0.5) is 26.3 Å². The summed E-state index contributed by atoms with van der Waals surface area (Å²) >= 11 is 0. The summed E-state index contributed by atoms with van der Waals surface area (Å²) in [5.74, 6) is -1.18. The smallest absolute Gasteiger partial charge is 0.358 e. The standard InChI is InChI=1S/C20H32F6O/c1-3-14(2)13-27-18(19(21,22)23,20(24,25)26)17-11-9-16(10-12-17)15-7-5-4-6-8-15/h14-17H,3-13H2,1-2H3. The van der Waals surface area contributed by atoms with E-state index in [1.165, 1.54) is 6.42 Å². The van der Waals surface area contributed by atoms with Gasteiger partial charge in [-0.05, 0) is 43.4 Å². The molecule has 1 atom stereocenters. The van der Waals surface area contributed by atoms with Crippen LogP contribution in [0.3, 0.4) is 0 Å². The van der Waals surface area contributed by atoms with Crippen LogP contribution in [0.5, 0.6) is 0 Å². The van der Waals surface area contributed by atoms with E-state index in [1.54, 1.807) is 13.8 Å². The van der Waals surface area contributed by atoms with Crippen molar-refractivity contribution in [2.75, 3.05) is 6.61 Å². The molecule has 0 aromatic rings. The Hall–Kier alpha value is -0.460. The van der Waals surface area contributed by atoms with Crippen LogP contribution in [-0.2, 0) is 4.74 Å². The lowest BCUT2D eigenvalue weighted by atomic mass is 9.67. The van der Waals surface area contributed by atoms with Crippen LogP contribution in [0.15, 0.2) is 0 Å². The predicted molar refractivity (Wildman–Crippen MR) is 92.3 cm³/mol. The topological polar surface area (TPSA) is 9.23 Å². The second kappa shape index (κ2) is 8.91. The van der Waals surface area contributed by atoms with Gasteiger partial charge in [0.15, 0.2) is 0 Å². The molecule has 2 fully saturated rings. The summed E-state index contributed by atoms with van der Waals surface area (Å²) in [4.78, 5) is 0. The molecule has 0 bridgehead atoms. The summed E-state index contributed by atoms with van der Waals surface area (Å²) in [6.07, 6.45) is -4.18. The Morgan fingerprint density at radius 2 is 1.26 bits per heavy atom. The van der Waals surface area contributed by atoms with Gasteiger partial charge >= 0.3 is 12.4 Å². The van der Waals surface area contributed by atoms with E-state index < -0.39 is 30.5 Å². The van der Waals surface area contributed by atoms with Gasteiger partial charge in [-0.3, -0.25) is 0 Å². The maximum absolute atomic E-state index is 13.8. The Morgan fingerprint density at radius 1 is 0.778 bits per heavy atom. The maximum Gasteiger partial charge on any atom is 0.426 e. The predicted octanol–water partition coefficient (Wildman–Crippen LogP) is 7.30. The first kappa shape index (κ1) is 22.8. The zero-order valence-corrected chi connectivity index (χ0v) is 16.3. The van der Waals surface area contributed by atoms with E-state index in [4.69, 9.17) is 4.74 Å². The first-order chi connectivity index (χ1) is 12.5. The van der Waals surface area contributed by atoms with Gasteiger partial charge in [-0.15, -0.1) is 0 Å². The highest BCUT2D eigenvalue weighted by molar-refractivity contribution is 5.03. The molecule has 0 spiro atoms. The lowest BCUT2D eigenvalue weighted by Gasteiger charge is -2.46. The van der Waals surface area contributed by atoms with Crippen molar-refractivity contribution < 1.29 is 31.1 Å². The van der Waals surface area contributed by atoms with Gasteiger partial charge in [-0.2, -0.15) is 26.3 Å². The summed E-state index contributed by atoms with van der Waals surface area (Å²) in [5.41, 5.74) is -4.04. The number of alkyl halides is 6. The van der Waals surface area contributed by atoms with E-state index in [1.807, 2.05) is 0 Å². The van der Waals surface area contributed by atoms with Gasteiger partial charge in [0.05, 0.1) is 6.61 Å². The van der Waals surface area contributed by atoms with Crippen molar-refractivity contribution in [3.8, 4) is 0 Å². The quantitative estimate of drug-likeness (QED) is 0.424. The fourth-order valence-electron chi connectivity index (χ4n) is 4.90. The summed E-state index contributed by atoms with van der Waals surface area (Å²) in [6.45, 7) is 2.81. The van der Waals surface area contributed by atoms with Crippen LogP contribution >= 0.6 is 0 Å². The monoisotopic (exact) mass is 402 g/mol. The minimum absolute atomic E-state index is 0.0688. The summed E-state index contributed by atoms with van der Waals surface area (Å²) < 4.78 is 87.7. The minimum Gasteiger partial charge on any atom is -0.358 e. The number of hydrogen-bond donors (Lipinski definition) is 0. The number of hydrogen-bond acceptors (Lipinski definition) is 1. The zero-order chi connectivity index (χ0) is 20.3. The molecular weight excluding hydrogens is 370 g/mol. The van der Waals surface area contributed by atoms with E-state index in [0.29, 0.717) is 25.2 Å². The molecule has 1 unspecified atom stereocenters. The lowest BCUT2D eigenvalue weighted by Crippen LogP contribution is -2.64. The first-order valence-corrected chi connectivity index (χ1v) is 10.3. The van der Waals surface area contributed by atoms with Crippen molar-refractivity contribution in [1.82, 2.24) is 0 Å². The SMILES string of the molecule is CCC(C)COC(C1CCC(C2CCCCC2)CC1)(C(F)(F)F)C(F)(F)F. The molecule has 2 aliphatic rings. The Balaban J connectivity index is 2.18. The van der Waals surface area contributed by atoms with Crippen molar-refractivity contribution in [3.05, 3.63) is 0 Å². The van der Waals surface area contributed by atoms with Gasteiger partial charge in [0.25, 0.3) is 5.60 Å². The number of ether oxygens (including phenoxy) is 1. The third kappa shape index (κ3) is 4.94. The van der Waals surface area contributed by atoms with Gasteiger partial charge in [0, 0.05) is 5.92 Å².